The number of carbonyl (C=O) groups excluding carboxylic acids is 6. The van der Waals surface area contributed by atoms with E-state index in [-0.39, 0.29) is 66.6 Å². The molecule has 6 amide bonds. The number of aliphatic hydroxyl groups is 1. The van der Waals surface area contributed by atoms with Crippen LogP contribution < -0.4 is 27.0 Å². The van der Waals surface area contributed by atoms with Crippen molar-refractivity contribution in [3.63, 3.8) is 0 Å². The molecular weight excluding hydrogens is 799 g/mol. The van der Waals surface area contributed by atoms with Crippen molar-refractivity contribution in [2.45, 2.75) is 132 Å². The number of urea groups is 1. The number of sulfone groups is 1. The maximum absolute atomic E-state index is 14.8. The molecule has 20 heteroatoms. The van der Waals surface area contributed by atoms with E-state index >= 15 is 0 Å². The van der Waals surface area contributed by atoms with E-state index in [2.05, 4.69) is 31.6 Å². The standard InChI is InChI=1S/C40H59N9O10S/c1-40(2,56)33-23-43-47-49(33)28-22-32(37(53)45-30(34(50)35(41)51)11-7-8-18-42-39(55)44-27-14-15-27)48(24-28)38(54)31(21-25-9-5-4-6-10-25)46-36(52)26-12-16-29(17-13-26)60(57,58)20-19-59-3/h12-13,16-17,23,25,27-28,30-32,56H,4-11,14-15,18-22,24H2,1-3H3,(H2,41,51)(H,45,53)(H,46,52)(H2,42,44,55)/t28-,30?,31?,32-/m0/s1. The van der Waals surface area contributed by atoms with Gasteiger partial charge in [0.2, 0.25) is 17.6 Å². The molecule has 2 aromatic rings. The number of carbonyl (C=O) groups is 6. The summed E-state index contributed by atoms with van der Waals surface area (Å²) in [6, 6.07) is 0.999. The molecule has 60 heavy (non-hydrogen) atoms. The van der Waals surface area contributed by atoms with Gasteiger partial charge in [0.15, 0.2) is 9.84 Å². The van der Waals surface area contributed by atoms with Gasteiger partial charge in [0.25, 0.3) is 11.8 Å². The maximum atomic E-state index is 14.8. The average molecular weight is 858 g/mol. The van der Waals surface area contributed by atoms with Gasteiger partial charge in [-0.3, -0.25) is 24.0 Å². The maximum Gasteiger partial charge on any atom is 0.315 e. The van der Waals surface area contributed by atoms with Gasteiger partial charge in [-0.2, -0.15) is 0 Å². The van der Waals surface area contributed by atoms with Crippen LogP contribution in [0.3, 0.4) is 0 Å². The fourth-order valence-electron chi connectivity index (χ4n) is 7.83. The highest BCUT2D eigenvalue weighted by molar-refractivity contribution is 7.91. The number of nitrogens with two attached hydrogens (primary N) is 1. The fourth-order valence-corrected chi connectivity index (χ4v) is 9.00. The second-order valence-corrected chi connectivity index (χ2v) is 18.7. The third-order valence-corrected chi connectivity index (χ3v) is 13.0. The molecule has 7 N–H and O–H groups in total. The molecule has 1 aromatic carbocycles. The Morgan fingerprint density at radius 1 is 0.983 bits per heavy atom. The van der Waals surface area contributed by atoms with Crippen LogP contribution in [-0.4, -0.2) is 126 Å². The van der Waals surface area contributed by atoms with Crippen molar-refractivity contribution in [2.24, 2.45) is 11.7 Å². The molecule has 3 aliphatic rings. The predicted octanol–water partition coefficient (Wildman–Crippen LogP) is 1.01. The van der Waals surface area contributed by atoms with Crippen LogP contribution in [0.25, 0.3) is 0 Å². The Balaban J connectivity index is 1.38. The van der Waals surface area contributed by atoms with Crippen molar-refractivity contribution < 1.29 is 47.0 Å². The Hall–Kier alpha value is -4.95. The SMILES string of the molecule is COCCS(=O)(=O)c1ccc(C(=O)NC(CC2CCCCC2)C(=O)N2C[C@@H](n3nncc3C(C)(C)O)C[C@H]2C(=O)NC(CCCCNC(=O)NC2CC2)C(=O)C(N)=O)cc1. The molecule has 3 fully saturated rings. The fraction of sp³-hybridized carbons (Fsp3) is 0.650. The Morgan fingerprint density at radius 3 is 2.32 bits per heavy atom. The first-order valence-corrected chi connectivity index (χ1v) is 22.4. The molecule has 0 bridgehead atoms. The number of primary amides is 1. The summed E-state index contributed by atoms with van der Waals surface area (Å²) in [5.41, 5.74) is 4.46. The van der Waals surface area contributed by atoms with Crippen molar-refractivity contribution in [2.75, 3.05) is 32.6 Å². The number of unbranched alkanes of at least 4 members (excludes halogenated alkanes) is 1. The number of hydrogen-bond acceptors (Lipinski definition) is 12. The largest absolute Gasteiger partial charge is 0.384 e. The highest BCUT2D eigenvalue weighted by atomic mass is 32.2. The smallest absolute Gasteiger partial charge is 0.315 e. The number of ether oxygens (including phenoxy) is 1. The summed E-state index contributed by atoms with van der Waals surface area (Å²) < 4.78 is 31.8. The summed E-state index contributed by atoms with van der Waals surface area (Å²) in [5, 5.41) is 30.2. The van der Waals surface area contributed by atoms with Crippen molar-refractivity contribution >= 4 is 45.3 Å². The van der Waals surface area contributed by atoms with E-state index in [1.807, 2.05) is 0 Å². The quantitative estimate of drug-likeness (QED) is 0.0759. The number of methoxy groups -OCH3 is 1. The number of ketones is 1. The number of benzene rings is 1. The van der Waals surface area contributed by atoms with Gasteiger partial charge in [-0.1, -0.05) is 37.3 Å². The van der Waals surface area contributed by atoms with Crippen LogP contribution in [0.1, 0.15) is 113 Å². The third-order valence-electron chi connectivity index (χ3n) is 11.3. The zero-order valence-electron chi connectivity index (χ0n) is 34.6. The van der Waals surface area contributed by atoms with Gasteiger partial charge in [0.1, 0.15) is 17.7 Å². The molecule has 2 heterocycles. The first-order chi connectivity index (χ1) is 28.5. The number of rotatable bonds is 21. The molecule has 1 aromatic heterocycles. The molecule has 5 rings (SSSR count). The Labute approximate surface area is 350 Å². The van der Waals surface area contributed by atoms with E-state index in [1.165, 1.54) is 47.2 Å². The van der Waals surface area contributed by atoms with Crippen molar-refractivity contribution in [1.29, 1.82) is 0 Å². The molecule has 2 unspecified atom stereocenters. The van der Waals surface area contributed by atoms with Crippen LogP contribution in [0, 0.1) is 5.92 Å². The van der Waals surface area contributed by atoms with Crippen LogP contribution in [0.5, 0.6) is 0 Å². The topological polar surface area (TPSA) is 274 Å². The highest BCUT2D eigenvalue weighted by Crippen LogP contribution is 2.34. The monoisotopic (exact) mass is 857 g/mol. The number of amides is 6. The normalized spacial score (nSPS) is 19.6. The van der Waals surface area contributed by atoms with Crippen LogP contribution in [-0.2, 0) is 39.4 Å². The zero-order valence-corrected chi connectivity index (χ0v) is 35.4. The molecule has 4 atom stereocenters. The molecule has 2 saturated carbocycles. The van der Waals surface area contributed by atoms with Gasteiger partial charge in [0.05, 0.1) is 41.2 Å². The predicted molar refractivity (Wildman–Crippen MR) is 217 cm³/mol. The first-order valence-electron chi connectivity index (χ1n) is 20.7. The number of likely N-dealkylation sites (tertiary alicyclic amines) is 1. The van der Waals surface area contributed by atoms with E-state index in [0.717, 1.165) is 44.9 Å². The number of nitrogens with zero attached hydrogens (tertiary/aromatic N) is 4. The van der Waals surface area contributed by atoms with E-state index in [4.69, 9.17) is 10.5 Å². The van der Waals surface area contributed by atoms with E-state index < -0.39 is 69.0 Å². The minimum atomic E-state index is -3.66. The lowest BCUT2D eigenvalue weighted by molar-refractivity contribution is -0.142. The van der Waals surface area contributed by atoms with Crippen LogP contribution >= 0.6 is 0 Å². The first kappa shape index (κ1) is 46.1. The summed E-state index contributed by atoms with van der Waals surface area (Å²) in [6.45, 7) is 3.33. The summed E-state index contributed by atoms with van der Waals surface area (Å²) in [7, 11) is -2.26. The van der Waals surface area contributed by atoms with Crippen molar-refractivity contribution in [3.8, 4) is 0 Å². The van der Waals surface area contributed by atoms with Crippen molar-refractivity contribution in [3.05, 3.63) is 41.7 Å². The van der Waals surface area contributed by atoms with Gasteiger partial charge in [-0.25, -0.2) is 17.9 Å². The minimum Gasteiger partial charge on any atom is -0.384 e. The lowest BCUT2D eigenvalue weighted by atomic mass is 9.84. The van der Waals surface area contributed by atoms with E-state index in [1.54, 1.807) is 13.8 Å². The van der Waals surface area contributed by atoms with Crippen LogP contribution in [0.4, 0.5) is 4.79 Å². The summed E-state index contributed by atoms with van der Waals surface area (Å²) >= 11 is 0. The molecule has 0 spiro atoms. The van der Waals surface area contributed by atoms with Gasteiger partial charge in [-0.05, 0) is 82.6 Å². The van der Waals surface area contributed by atoms with Crippen molar-refractivity contribution in [1.82, 2.24) is 41.2 Å². The average Bonchev–Trinajstić information content (AvgIpc) is 3.67. The Kier molecular flexibility index (Phi) is 15.8. The minimum absolute atomic E-state index is 0.00324. The summed E-state index contributed by atoms with van der Waals surface area (Å²) in [5.74, 6) is -4.31. The molecule has 0 radical (unpaired) electrons. The third kappa shape index (κ3) is 12.5. The van der Waals surface area contributed by atoms with E-state index in [9.17, 15) is 42.3 Å². The van der Waals surface area contributed by atoms with Crippen LogP contribution in [0.15, 0.2) is 35.4 Å². The summed E-state index contributed by atoms with van der Waals surface area (Å²) in [6.07, 6.45) is 8.99. The van der Waals surface area contributed by atoms with Gasteiger partial charge in [-0.15, -0.1) is 5.10 Å². The number of nitrogens with one attached hydrogen (secondary N) is 4. The molecule has 1 aliphatic heterocycles. The molecule has 1 saturated heterocycles. The molecule has 19 nitrogen and oxygen atoms in total. The summed E-state index contributed by atoms with van der Waals surface area (Å²) in [4.78, 5) is 81.5. The highest BCUT2D eigenvalue weighted by Gasteiger charge is 2.45. The number of Topliss-reactive ketones (excluding diaryl/α,β-unsaturated/α-hetero) is 1. The number of aromatic nitrogens is 3. The Morgan fingerprint density at radius 2 is 1.68 bits per heavy atom. The lowest BCUT2D eigenvalue weighted by Crippen LogP contribution is -2.56. The zero-order chi connectivity index (χ0) is 43.6. The van der Waals surface area contributed by atoms with E-state index in [0.29, 0.717) is 25.1 Å². The second kappa shape index (κ2) is 20.5. The molecule has 2 aliphatic carbocycles. The molecule has 330 valence electrons. The second-order valence-electron chi connectivity index (χ2n) is 16.6. The lowest BCUT2D eigenvalue weighted by Gasteiger charge is -2.32. The van der Waals surface area contributed by atoms with Crippen LogP contribution in [0.2, 0.25) is 0 Å². The van der Waals surface area contributed by atoms with Gasteiger partial charge in [0, 0.05) is 38.2 Å². The van der Waals surface area contributed by atoms with Gasteiger partial charge >= 0.3 is 6.03 Å². The van der Waals surface area contributed by atoms with Gasteiger partial charge < -0.3 is 41.7 Å². The number of hydrogen-bond donors (Lipinski definition) is 6. The Bertz CT molecular complexity index is 1960. The molecular formula is C40H59N9O10S.